The number of aryl methyl sites for hydroxylation is 5. The van der Waals surface area contributed by atoms with Crippen LogP contribution in [0.25, 0.3) is 44.3 Å². The quantitative estimate of drug-likeness (QED) is 0.160. The minimum Gasteiger partial charge on any atom is -0.361 e. The number of halogens is 1. The first-order valence-electron chi connectivity index (χ1n) is 23.1. The minimum absolute atomic E-state index is 0.0289. The topological polar surface area (TPSA) is 205 Å². The van der Waals surface area contributed by atoms with Crippen molar-refractivity contribution < 1.29 is 39.9 Å². The van der Waals surface area contributed by atoms with Crippen LogP contribution in [-0.2, 0) is 29.3 Å². The van der Waals surface area contributed by atoms with Crippen LogP contribution < -0.4 is 10.2 Å². The highest BCUT2D eigenvalue weighted by atomic mass is 32.2. The fourth-order valence-electron chi connectivity index (χ4n) is 10.6. The number of rotatable bonds is 7. The maximum absolute atomic E-state index is 14.5. The zero-order chi connectivity index (χ0) is 47.8. The molecule has 68 heavy (non-hydrogen) atoms. The summed E-state index contributed by atoms with van der Waals surface area (Å²) < 4.78 is 77.9. The standard InChI is InChI=1S/C28H29FN4O4S.C21H24N4O4S/c1-16-4-6-21(15-22(16)29)32-25(8-9-26(32)34)28-30-23-14-19(27-17(2)31-37-18(27)3)5-7-24(23)33(28)20-10-12-38(35,36)13-11-20;1-12-20(13(2)29-24-12)14-3-5-18-17(11-14)23-21(16-4-6-19(26)22-16)25(18)15-7-9-30(27,28)10-8-15/h4-7,14-15,20,25H,8-13H2,1-3H3;3,5,11,15-16H,4,6-10H2,1-2H3,(H,22,26)/t25-;16-/m00/s1. The van der Waals surface area contributed by atoms with Crippen molar-refractivity contribution in [3.8, 4) is 22.3 Å². The van der Waals surface area contributed by atoms with Crippen molar-refractivity contribution in [2.45, 2.75) is 110 Å². The highest BCUT2D eigenvalue weighted by Gasteiger charge is 2.39. The third-order valence-electron chi connectivity index (χ3n) is 14.1. The number of nitrogens with zero attached hydrogens (tertiary/aromatic N) is 7. The summed E-state index contributed by atoms with van der Waals surface area (Å²) in [7, 11) is -6.03. The summed E-state index contributed by atoms with van der Waals surface area (Å²) >= 11 is 0. The number of carbonyl (C=O) groups is 2. The van der Waals surface area contributed by atoms with Gasteiger partial charge in [-0.25, -0.2) is 31.2 Å². The van der Waals surface area contributed by atoms with E-state index >= 15 is 0 Å². The highest BCUT2D eigenvalue weighted by molar-refractivity contribution is 7.91. The van der Waals surface area contributed by atoms with E-state index in [4.69, 9.17) is 19.0 Å². The van der Waals surface area contributed by atoms with Crippen LogP contribution in [-0.4, -0.2) is 81.1 Å². The second kappa shape index (κ2) is 17.4. The average molecular weight is 965 g/mol. The van der Waals surface area contributed by atoms with E-state index in [2.05, 4.69) is 24.8 Å². The van der Waals surface area contributed by atoms with Crippen LogP contribution in [0.15, 0.2) is 63.6 Å². The number of imidazole rings is 2. The summed E-state index contributed by atoms with van der Waals surface area (Å²) in [5.41, 5.74) is 9.84. The maximum atomic E-state index is 14.5. The molecule has 1 N–H and O–H groups in total. The van der Waals surface area contributed by atoms with E-state index in [0.29, 0.717) is 74.2 Å². The second-order valence-electron chi connectivity index (χ2n) is 18.7. The Hall–Kier alpha value is -6.21. The van der Waals surface area contributed by atoms with Crippen molar-refractivity contribution in [1.82, 2.24) is 34.7 Å². The van der Waals surface area contributed by atoms with Gasteiger partial charge in [-0.2, -0.15) is 0 Å². The molecular weight excluding hydrogens is 912 g/mol. The Labute approximate surface area is 393 Å². The molecule has 3 aromatic carbocycles. The lowest BCUT2D eigenvalue weighted by Crippen LogP contribution is -2.32. The number of hydrogen-bond acceptors (Lipinski definition) is 12. The van der Waals surface area contributed by atoms with Gasteiger partial charge in [0.05, 0.1) is 68.5 Å². The van der Waals surface area contributed by atoms with Gasteiger partial charge in [0.1, 0.15) is 48.7 Å². The summed E-state index contributed by atoms with van der Waals surface area (Å²) in [5.74, 6) is 3.17. The number of anilines is 1. The van der Waals surface area contributed by atoms with Crippen molar-refractivity contribution in [2.24, 2.45) is 0 Å². The zero-order valence-electron chi connectivity index (χ0n) is 38.6. The fraction of sp³-hybridized carbons (Fsp3) is 0.429. The van der Waals surface area contributed by atoms with Gasteiger partial charge in [0.2, 0.25) is 11.8 Å². The van der Waals surface area contributed by atoms with Crippen LogP contribution in [0.3, 0.4) is 0 Å². The summed E-state index contributed by atoms with van der Waals surface area (Å²) in [6.45, 7) is 9.26. The van der Waals surface area contributed by atoms with Crippen LogP contribution in [0.5, 0.6) is 0 Å². The first-order valence-corrected chi connectivity index (χ1v) is 26.8. The van der Waals surface area contributed by atoms with Crippen LogP contribution in [0.1, 0.15) is 116 Å². The molecule has 0 unspecified atom stereocenters. The first kappa shape index (κ1) is 45.6. The Morgan fingerprint density at radius 3 is 1.62 bits per heavy atom. The molecule has 2 amide bonds. The number of sulfone groups is 2. The van der Waals surface area contributed by atoms with Crippen molar-refractivity contribution in [3.63, 3.8) is 0 Å². The molecule has 8 heterocycles. The summed E-state index contributed by atoms with van der Waals surface area (Å²) in [6.07, 6.45) is 4.13. The molecular formula is C49H53FN8O8S2. The Bertz CT molecular complexity index is 3320. The largest absolute Gasteiger partial charge is 0.361 e. The third kappa shape index (κ3) is 8.41. The Morgan fingerprint density at radius 2 is 1.15 bits per heavy atom. The molecule has 2 atom stereocenters. The molecule has 0 bridgehead atoms. The van der Waals surface area contributed by atoms with E-state index in [-0.39, 0.29) is 58.8 Å². The van der Waals surface area contributed by atoms with Crippen molar-refractivity contribution in [3.05, 3.63) is 101 Å². The van der Waals surface area contributed by atoms with E-state index in [0.717, 1.165) is 67.3 Å². The number of benzene rings is 3. The highest BCUT2D eigenvalue weighted by Crippen LogP contribution is 2.43. The Morgan fingerprint density at radius 1 is 0.632 bits per heavy atom. The van der Waals surface area contributed by atoms with Gasteiger partial charge >= 0.3 is 0 Å². The zero-order valence-corrected chi connectivity index (χ0v) is 40.2. The maximum Gasteiger partial charge on any atom is 0.227 e. The summed E-state index contributed by atoms with van der Waals surface area (Å²) in [6, 6.07) is 16.4. The molecule has 19 heteroatoms. The molecule has 0 spiro atoms. The number of amides is 2. The Kier molecular flexibility index (Phi) is 11.7. The lowest BCUT2D eigenvalue weighted by molar-refractivity contribution is -0.119. The van der Waals surface area contributed by atoms with Gasteiger partial charge in [0, 0.05) is 41.7 Å². The molecule has 4 saturated heterocycles. The van der Waals surface area contributed by atoms with E-state index in [9.17, 15) is 30.8 Å². The first-order chi connectivity index (χ1) is 32.4. The van der Waals surface area contributed by atoms with Crippen molar-refractivity contribution >= 4 is 59.2 Å². The van der Waals surface area contributed by atoms with E-state index in [1.54, 1.807) is 24.0 Å². The van der Waals surface area contributed by atoms with Gasteiger partial charge in [0.15, 0.2) is 0 Å². The van der Waals surface area contributed by atoms with E-state index in [1.165, 1.54) is 6.07 Å². The molecule has 0 aliphatic carbocycles. The van der Waals surface area contributed by atoms with Gasteiger partial charge in [-0.15, -0.1) is 0 Å². The van der Waals surface area contributed by atoms with Crippen molar-refractivity contribution in [2.75, 3.05) is 27.9 Å². The van der Waals surface area contributed by atoms with Gasteiger partial charge in [-0.3, -0.25) is 9.59 Å². The minimum atomic E-state index is -3.07. The van der Waals surface area contributed by atoms with Crippen LogP contribution in [0.4, 0.5) is 10.1 Å². The molecule has 356 valence electrons. The lowest BCUT2D eigenvalue weighted by Gasteiger charge is -2.30. The predicted molar refractivity (Wildman–Crippen MR) is 254 cm³/mol. The monoisotopic (exact) mass is 964 g/mol. The number of fused-ring (bicyclic) bond motifs is 2. The van der Waals surface area contributed by atoms with E-state index in [1.807, 2.05) is 64.1 Å². The third-order valence-corrected chi connectivity index (χ3v) is 17.5. The number of carbonyl (C=O) groups excluding carboxylic acids is 2. The molecule has 4 aliphatic heterocycles. The predicted octanol–water partition coefficient (Wildman–Crippen LogP) is 8.38. The lowest BCUT2D eigenvalue weighted by atomic mass is 10.0. The number of aromatic nitrogens is 6. The van der Waals surface area contributed by atoms with Gasteiger partial charge in [0.25, 0.3) is 0 Å². The Balaban J connectivity index is 0.000000163. The summed E-state index contributed by atoms with van der Waals surface area (Å²) in [5, 5.41) is 11.1. The molecule has 0 saturated carbocycles. The van der Waals surface area contributed by atoms with E-state index < -0.39 is 25.7 Å². The summed E-state index contributed by atoms with van der Waals surface area (Å²) in [4.78, 5) is 36.6. The smallest absolute Gasteiger partial charge is 0.227 e. The molecule has 0 radical (unpaired) electrons. The molecule has 4 aromatic heterocycles. The second-order valence-corrected chi connectivity index (χ2v) is 23.3. The van der Waals surface area contributed by atoms with Crippen molar-refractivity contribution in [1.29, 1.82) is 0 Å². The molecule has 4 aliphatic rings. The van der Waals surface area contributed by atoms with Crippen LogP contribution in [0.2, 0.25) is 0 Å². The van der Waals surface area contributed by atoms with Crippen LogP contribution >= 0.6 is 0 Å². The number of nitrogens with one attached hydrogen (secondary N) is 1. The fourth-order valence-corrected chi connectivity index (χ4v) is 13.6. The normalized spacial score (nSPS) is 20.9. The molecule has 11 rings (SSSR count). The average Bonchev–Trinajstić information content (AvgIpc) is 4.17. The van der Waals surface area contributed by atoms with Gasteiger partial charge in [-0.1, -0.05) is 28.5 Å². The molecule has 4 fully saturated rings. The van der Waals surface area contributed by atoms with Gasteiger partial charge < -0.3 is 28.4 Å². The number of hydrogen-bond donors (Lipinski definition) is 1. The van der Waals surface area contributed by atoms with Crippen LogP contribution in [0, 0.1) is 40.4 Å². The molecule has 16 nitrogen and oxygen atoms in total. The molecule has 7 aromatic rings. The van der Waals surface area contributed by atoms with Gasteiger partial charge in [-0.05, 0) is 126 Å². The SMILES string of the molecule is Cc1ccc(N2C(=O)CC[C@H]2c2nc3cc(-c4c(C)noc4C)ccc3n2C2CCS(=O)(=O)CC2)cc1F.Cc1noc(C)c1-c1ccc2c(c1)nc([C@@H]1CCC(=O)N1)n2C1CCS(=O)(=O)CC1.